The lowest BCUT2D eigenvalue weighted by atomic mass is 9.86. The van der Waals surface area contributed by atoms with Crippen LogP contribution in [0.5, 0.6) is 0 Å². The monoisotopic (exact) mass is 376 g/mol. The molecule has 0 N–H and O–H groups in total. The fraction of sp³-hybridized carbons (Fsp3) is 0.444. The van der Waals surface area contributed by atoms with Gasteiger partial charge < -0.3 is 9.30 Å². The maximum atomic E-state index is 11.0. The molecule has 1 unspecified atom stereocenters. The van der Waals surface area contributed by atoms with Crippen molar-refractivity contribution in [3.63, 3.8) is 0 Å². The van der Waals surface area contributed by atoms with E-state index in [1.807, 2.05) is 39.1 Å². The summed E-state index contributed by atoms with van der Waals surface area (Å²) in [6.07, 6.45) is 2.05. The van der Waals surface area contributed by atoms with Crippen LogP contribution in [0.25, 0.3) is 10.9 Å². The van der Waals surface area contributed by atoms with Crippen LogP contribution in [0.1, 0.15) is 33.3 Å². The third-order valence-electron chi connectivity index (χ3n) is 3.88. The van der Waals surface area contributed by atoms with Crippen molar-refractivity contribution < 1.29 is 9.53 Å². The molecule has 1 heterocycles. The number of carbonyl (C=O) groups is 1. The van der Waals surface area contributed by atoms with Crippen molar-refractivity contribution in [3.05, 3.63) is 34.4 Å². The Labute approximate surface area is 145 Å². The molecule has 2 aromatic rings. The highest BCUT2D eigenvalue weighted by molar-refractivity contribution is 9.10. The summed E-state index contributed by atoms with van der Waals surface area (Å²) in [5.74, 6) is -0.0743. The zero-order chi connectivity index (χ0) is 17.2. The summed E-state index contributed by atoms with van der Waals surface area (Å²) >= 11 is 3.51. The molecule has 0 fully saturated rings. The van der Waals surface area contributed by atoms with Gasteiger partial charge in [-0.3, -0.25) is 4.79 Å². The van der Waals surface area contributed by atoms with Gasteiger partial charge in [-0.25, -0.2) is 0 Å². The Morgan fingerprint density at radius 3 is 2.78 bits per heavy atom. The molecule has 122 valence electrons. The van der Waals surface area contributed by atoms with Crippen LogP contribution in [0.3, 0.4) is 0 Å². The first-order valence-corrected chi connectivity index (χ1v) is 8.37. The molecule has 0 saturated heterocycles. The Morgan fingerprint density at radius 1 is 1.48 bits per heavy atom. The van der Waals surface area contributed by atoms with E-state index >= 15 is 0 Å². The van der Waals surface area contributed by atoms with Gasteiger partial charge in [-0.05, 0) is 31.5 Å². The molecule has 0 saturated carbocycles. The number of benzene rings is 1. The molecule has 1 atom stereocenters. The Balaban J connectivity index is 2.42. The van der Waals surface area contributed by atoms with Crippen LogP contribution in [-0.2, 0) is 21.5 Å². The molecule has 0 spiro atoms. The first-order valence-electron chi connectivity index (χ1n) is 7.58. The summed E-state index contributed by atoms with van der Waals surface area (Å²) < 4.78 is 8.23. The fourth-order valence-electron chi connectivity index (χ4n) is 2.62. The van der Waals surface area contributed by atoms with Crippen LogP contribution in [0, 0.1) is 17.2 Å². The summed E-state index contributed by atoms with van der Waals surface area (Å²) in [6.45, 7) is 8.43. The van der Waals surface area contributed by atoms with Gasteiger partial charge in [0.1, 0.15) is 0 Å². The van der Waals surface area contributed by atoms with Crippen LogP contribution in [0.2, 0.25) is 0 Å². The predicted octanol–water partition coefficient (Wildman–Crippen LogP) is 4.40. The standard InChI is InChI=1S/C18H21BrN2O2/c1-12(10-23-13(2)22)8-21-9-16(18(3,4)11-20)15-6-5-14(19)7-17(15)21/h5-7,9,12H,8,10H2,1-4H3. The van der Waals surface area contributed by atoms with Crippen molar-refractivity contribution in [2.75, 3.05) is 6.61 Å². The number of aromatic nitrogens is 1. The van der Waals surface area contributed by atoms with Gasteiger partial charge >= 0.3 is 5.97 Å². The highest BCUT2D eigenvalue weighted by Gasteiger charge is 2.25. The molecule has 4 nitrogen and oxygen atoms in total. The summed E-state index contributed by atoms with van der Waals surface area (Å²) in [5, 5.41) is 10.6. The number of esters is 1. The van der Waals surface area contributed by atoms with Crippen molar-refractivity contribution in [1.82, 2.24) is 4.57 Å². The smallest absolute Gasteiger partial charge is 0.302 e. The summed E-state index contributed by atoms with van der Waals surface area (Å²) in [6, 6.07) is 8.47. The van der Waals surface area contributed by atoms with Gasteiger partial charge in [-0.2, -0.15) is 5.26 Å². The van der Waals surface area contributed by atoms with Crippen molar-refractivity contribution in [1.29, 1.82) is 5.26 Å². The Kier molecular flexibility index (Phi) is 5.16. The molecule has 0 bridgehead atoms. The van der Waals surface area contributed by atoms with Gasteiger partial charge in [0.2, 0.25) is 0 Å². The van der Waals surface area contributed by atoms with Crippen molar-refractivity contribution in [3.8, 4) is 6.07 Å². The largest absolute Gasteiger partial charge is 0.466 e. The maximum Gasteiger partial charge on any atom is 0.302 e. The molecule has 0 radical (unpaired) electrons. The average Bonchev–Trinajstić information content (AvgIpc) is 2.84. The van der Waals surface area contributed by atoms with Gasteiger partial charge in [0.05, 0.1) is 18.1 Å². The second-order valence-corrected chi connectivity index (χ2v) is 7.42. The number of ether oxygens (including phenoxy) is 1. The molecule has 2 rings (SSSR count). The van der Waals surface area contributed by atoms with Crippen LogP contribution < -0.4 is 0 Å². The molecule has 0 amide bonds. The predicted molar refractivity (Wildman–Crippen MR) is 94.1 cm³/mol. The molecular weight excluding hydrogens is 356 g/mol. The number of hydrogen-bond donors (Lipinski definition) is 0. The highest BCUT2D eigenvalue weighted by Crippen LogP contribution is 2.33. The van der Waals surface area contributed by atoms with E-state index in [1.54, 1.807) is 0 Å². The lowest BCUT2D eigenvalue weighted by molar-refractivity contribution is -0.142. The summed E-state index contributed by atoms with van der Waals surface area (Å²) in [7, 11) is 0. The zero-order valence-corrected chi connectivity index (χ0v) is 15.5. The van der Waals surface area contributed by atoms with Gasteiger partial charge in [0.15, 0.2) is 0 Å². The minimum Gasteiger partial charge on any atom is -0.466 e. The fourth-order valence-corrected chi connectivity index (χ4v) is 2.97. The van der Waals surface area contributed by atoms with Crippen LogP contribution in [-0.4, -0.2) is 17.1 Å². The summed E-state index contributed by atoms with van der Waals surface area (Å²) in [5.41, 5.74) is 1.53. The lowest BCUT2D eigenvalue weighted by Crippen LogP contribution is -2.16. The first kappa shape index (κ1) is 17.6. The number of rotatable bonds is 5. The van der Waals surface area contributed by atoms with E-state index in [9.17, 15) is 10.1 Å². The lowest BCUT2D eigenvalue weighted by Gasteiger charge is -2.14. The van der Waals surface area contributed by atoms with Gasteiger partial charge in [0, 0.05) is 41.0 Å². The van der Waals surface area contributed by atoms with E-state index in [-0.39, 0.29) is 11.9 Å². The number of nitrogens with zero attached hydrogens (tertiary/aromatic N) is 2. The van der Waals surface area contributed by atoms with Crippen molar-refractivity contribution in [2.45, 2.75) is 39.7 Å². The van der Waals surface area contributed by atoms with Crippen molar-refractivity contribution >= 4 is 32.8 Å². The number of fused-ring (bicyclic) bond motifs is 1. The first-order chi connectivity index (χ1) is 10.7. The van der Waals surface area contributed by atoms with E-state index in [4.69, 9.17) is 4.74 Å². The quantitative estimate of drug-likeness (QED) is 0.726. The molecule has 0 aliphatic heterocycles. The second-order valence-electron chi connectivity index (χ2n) is 6.50. The topological polar surface area (TPSA) is 55.0 Å². The number of hydrogen-bond acceptors (Lipinski definition) is 3. The van der Waals surface area contributed by atoms with Gasteiger partial charge in [-0.1, -0.05) is 28.9 Å². The van der Waals surface area contributed by atoms with E-state index in [0.29, 0.717) is 6.61 Å². The van der Waals surface area contributed by atoms with Gasteiger partial charge in [-0.15, -0.1) is 0 Å². The SMILES string of the molecule is CC(=O)OCC(C)Cn1cc(C(C)(C)C#N)c2ccc(Br)cc21. The Morgan fingerprint density at radius 2 is 2.17 bits per heavy atom. The number of nitriles is 1. The molecule has 1 aromatic carbocycles. The molecule has 5 heteroatoms. The Hall–Kier alpha value is -1.80. The second kappa shape index (κ2) is 6.76. The highest BCUT2D eigenvalue weighted by atomic mass is 79.9. The van der Waals surface area contributed by atoms with Gasteiger partial charge in [0.25, 0.3) is 0 Å². The van der Waals surface area contributed by atoms with E-state index < -0.39 is 5.41 Å². The number of halogens is 1. The van der Waals surface area contributed by atoms with Crippen LogP contribution in [0.4, 0.5) is 0 Å². The van der Waals surface area contributed by atoms with E-state index in [0.717, 1.165) is 27.5 Å². The minimum absolute atomic E-state index is 0.187. The maximum absolute atomic E-state index is 11.0. The van der Waals surface area contributed by atoms with E-state index in [1.165, 1.54) is 6.92 Å². The van der Waals surface area contributed by atoms with Crippen molar-refractivity contribution in [2.24, 2.45) is 5.92 Å². The molecular formula is C18H21BrN2O2. The molecule has 0 aliphatic rings. The third kappa shape index (κ3) is 3.94. The van der Waals surface area contributed by atoms with E-state index in [2.05, 4.69) is 32.6 Å². The average molecular weight is 377 g/mol. The Bertz CT molecular complexity index is 771. The normalized spacial score (nSPS) is 12.9. The van der Waals surface area contributed by atoms with Crippen LogP contribution in [0.15, 0.2) is 28.9 Å². The molecule has 1 aromatic heterocycles. The minimum atomic E-state index is -0.559. The zero-order valence-electron chi connectivity index (χ0n) is 13.9. The molecule has 23 heavy (non-hydrogen) atoms. The number of carbonyl (C=O) groups excluding carboxylic acids is 1. The van der Waals surface area contributed by atoms with Crippen LogP contribution >= 0.6 is 15.9 Å². The third-order valence-corrected chi connectivity index (χ3v) is 4.37. The molecule has 0 aliphatic carbocycles. The summed E-state index contributed by atoms with van der Waals surface area (Å²) in [4.78, 5) is 11.0.